The van der Waals surface area contributed by atoms with E-state index in [9.17, 15) is 0 Å². The number of hydrogen-bond donors (Lipinski definition) is 0. The highest BCUT2D eigenvalue weighted by atomic mass is 14.9. The first-order valence-corrected chi connectivity index (χ1v) is 8.63. The predicted molar refractivity (Wildman–Crippen MR) is 100 cm³/mol. The number of aryl methyl sites for hydroxylation is 2. The van der Waals surface area contributed by atoms with Crippen molar-refractivity contribution >= 4 is 0 Å². The largest absolute Gasteiger partial charge is 0.213 e. The van der Waals surface area contributed by atoms with E-state index in [1.807, 2.05) is 0 Å². The van der Waals surface area contributed by atoms with Gasteiger partial charge in [0.15, 0.2) is 5.69 Å². The number of aromatic nitrogens is 1. The smallest absolute Gasteiger partial charge is 0.199 e. The number of pyridine rings is 1. The molecule has 1 heteroatoms. The number of nitrogens with zero attached hydrogens (tertiary/aromatic N) is 1. The van der Waals surface area contributed by atoms with Crippen LogP contribution in [0.4, 0.5) is 0 Å². The van der Waals surface area contributed by atoms with E-state index >= 15 is 0 Å². The van der Waals surface area contributed by atoms with Gasteiger partial charge in [0.05, 0.1) is 5.56 Å². The van der Waals surface area contributed by atoms with Crippen LogP contribution >= 0.6 is 0 Å². The van der Waals surface area contributed by atoms with E-state index in [2.05, 4.69) is 93.9 Å². The average Bonchev–Trinajstić information content (AvgIpc) is 2.79. The normalized spacial score (nSPS) is 14.4. The molecule has 0 aliphatic heterocycles. The molecule has 1 aromatic heterocycles. The summed E-state index contributed by atoms with van der Waals surface area (Å²) in [6.45, 7) is 9.08. The predicted octanol–water partition coefficient (Wildman–Crippen LogP) is 5.10. The first-order chi connectivity index (χ1) is 11.4. The van der Waals surface area contributed by atoms with Crippen LogP contribution < -0.4 is 4.57 Å². The number of benzene rings is 2. The Morgan fingerprint density at radius 3 is 2.29 bits per heavy atom. The summed E-state index contributed by atoms with van der Waals surface area (Å²) in [6, 6.07) is 20.1. The van der Waals surface area contributed by atoms with E-state index in [0.29, 0.717) is 0 Å². The Morgan fingerprint density at radius 1 is 0.750 bits per heavy atom. The molecule has 24 heavy (non-hydrogen) atoms. The summed E-state index contributed by atoms with van der Waals surface area (Å²) >= 11 is 0. The van der Waals surface area contributed by atoms with Gasteiger partial charge >= 0.3 is 0 Å². The highest BCUT2D eigenvalue weighted by molar-refractivity contribution is 5.92. The molecule has 0 fully saturated rings. The van der Waals surface area contributed by atoms with Gasteiger partial charge in [0, 0.05) is 30.0 Å². The van der Waals surface area contributed by atoms with Crippen molar-refractivity contribution in [3.63, 3.8) is 0 Å². The molecule has 0 atom stereocenters. The van der Waals surface area contributed by atoms with Crippen molar-refractivity contribution in [2.75, 3.05) is 0 Å². The highest BCUT2D eigenvalue weighted by Crippen LogP contribution is 2.52. The van der Waals surface area contributed by atoms with Gasteiger partial charge < -0.3 is 0 Å². The van der Waals surface area contributed by atoms with E-state index in [-0.39, 0.29) is 5.41 Å². The van der Waals surface area contributed by atoms with Gasteiger partial charge in [-0.25, -0.2) is 0 Å². The van der Waals surface area contributed by atoms with Gasteiger partial charge in [-0.1, -0.05) is 50.2 Å². The Hall–Kier alpha value is -2.41. The van der Waals surface area contributed by atoms with Gasteiger partial charge in [0.2, 0.25) is 5.69 Å². The molecule has 3 aromatic rings. The van der Waals surface area contributed by atoms with Crippen molar-refractivity contribution in [1.29, 1.82) is 0 Å². The van der Waals surface area contributed by atoms with E-state index in [0.717, 1.165) is 0 Å². The third-order valence-electron chi connectivity index (χ3n) is 5.69. The zero-order valence-electron chi connectivity index (χ0n) is 15.1. The van der Waals surface area contributed by atoms with Gasteiger partial charge in [0.25, 0.3) is 0 Å². The maximum absolute atomic E-state index is 2.34. The molecule has 0 saturated carbocycles. The van der Waals surface area contributed by atoms with Crippen LogP contribution in [0.3, 0.4) is 0 Å². The Kier molecular flexibility index (Phi) is 3.18. The zero-order chi connectivity index (χ0) is 17.1. The topological polar surface area (TPSA) is 3.88 Å². The molecule has 1 nitrogen and oxygen atoms in total. The third kappa shape index (κ3) is 1.91. The van der Waals surface area contributed by atoms with Crippen molar-refractivity contribution in [2.45, 2.75) is 33.1 Å². The molecular weight excluding hydrogens is 290 g/mol. The number of rotatable bonds is 1. The minimum Gasteiger partial charge on any atom is -0.199 e. The fourth-order valence-electron chi connectivity index (χ4n) is 4.17. The lowest BCUT2D eigenvalue weighted by Gasteiger charge is -2.22. The van der Waals surface area contributed by atoms with Crippen LogP contribution in [0.15, 0.2) is 54.6 Å². The Balaban J connectivity index is 2.14. The Labute approximate surface area is 144 Å². The molecule has 4 rings (SSSR count). The lowest BCUT2D eigenvalue weighted by Crippen LogP contribution is -2.34. The lowest BCUT2D eigenvalue weighted by atomic mass is 9.81. The maximum Gasteiger partial charge on any atom is 0.213 e. The van der Waals surface area contributed by atoms with Crippen molar-refractivity contribution < 1.29 is 4.57 Å². The molecular formula is C23H24N+. The molecule has 1 heterocycles. The summed E-state index contributed by atoms with van der Waals surface area (Å²) in [7, 11) is 2.16. The molecule has 0 radical (unpaired) electrons. The second-order valence-electron chi connectivity index (χ2n) is 7.46. The summed E-state index contributed by atoms with van der Waals surface area (Å²) in [5.41, 5.74) is 11.0. The number of fused-ring (bicyclic) bond motifs is 3. The van der Waals surface area contributed by atoms with Crippen molar-refractivity contribution in [1.82, 2.24) is 0 Å². The average molecular weight is 314 g/mol. The molecule has 0 saturated heterocycles. The molecule has 120 valence electrons. The standard InChI is InChI=1S/C23H24N/c1-15-13-14-19-22(17-10-6-7-11-18(17)23(19,3)4)21(15)20-12-8-9-16(2)24(20)5/h6-14H,1-5H3/q+1. The molecule has 0 spiro atoms. The van der Waals surface area contributed by atoms with E-state index in [1.165, 1.54) is 44.8 Å². The molecule has 0 N–H and O–H groups in total. The first-order valence-electron chi connectivity index (χ1n) is 8.63. The molecule has 0 bridgehead atoms. The fourth-order valence-corrected chi connectivity index (χ4v) is 4.17. The minimum atomic E-state index is 0.0524. The summed E-state index contributed by atoms with van der Waals surface area (Å²) in [5.74, 6) is 0. The quantitative estimate of drug-likeness (QED) is 0.550. The molecule has 1 aliphatic carbocycles. The van der Waals surface area contributed by atoms with E-state index in [1.54, 1.807) is 0 Å². The van der Waals surface area contributed by atoms with Gasteiger partial charge in [-0.15, -0.1) is 0 Å². The Morgan fingerprint density at radius 2 is 1.50 bits per heavy atom. The van der Waals surface area contributed by atoms with Gasteiger partial charge in [-0.3, -0.25) is 0 Å². The van der Waals surface area contributed by atoms with Crippen LogP contribution in [-0.2, 0) is 12.5 Å². The second kappa shape index (κ2) is 5.04. The monoisotopic (exact) mass is 314 g/mol. The summed E-state index contributed by atoms with van der Waals surface area (Å²) < 4.78 is 2.30. The van der Waals surface area contributed by atoms with Gasteiger partial charge in [0.1, 0.15) is 7.05 Å². The van der Waals surface area contributed by atoms with Crippen LogP contribution in [-0.4, -0.2) is 0 Å². The van der Waals surface area contributed by atoms with Crippen LogP contribution in [0.2, 0.25) is 0 Å². The van der Waals surface area contributed by atoms with E-state index in [4.69, 9.17) is 0 Å². The number of hydrogen-bond acceptors (Lipinski definition) is 0. The zero-order valence-corrected chi connectivity index (χ0v) is 15.1. The van der Waals surface area contributed by atoms with Crippen molar-refractivity contribution in [3.8, 4) is 22.4 Å². The third-order valence-corrected chi connectivity index (χ3v) is 5.69. The van der Waals surface area contributed by atoms with Crippen molar-refractivity contribution in [2.24, 2.45) is 7.05 Å². The SMILES string of the molecule is Cc1ccc2c(c1-c1cccc(C)[n+]1C)-c1ccccc1C2(C)C. The lowest BCUT2D eigenvalue weighted by molar-refractivity contribution is -0.666. The van der Waals surface area contributed by atoms with Crippen LogP contribution in [0.25, 0.3) is 22.4 Å². The summed E-state index contributed by atoms with van der Waals surface area (Å²) in [4.78, 5) is 0. The van der Waals surface area contributed by atoms with Crippen LogP contribution in [0.5, 0.6) is 0 Å². The van der Waals surface area contributed by atoms with Crippen molar-refractivity contribution in [3.05, 3.63) is 77.0 Å². The fraction of sp³-hybridized carbons (Fsp3) is 0.261. The first kappa shape index (κ1) is 15.1. The summed E-state index contributed by atoms with van der Waals surface area (Å²) in [6.07, 6.45) is 0. The van der Waals surface area contributed by atoms with Crippen LogP contribution in [0.1, 0.15) is 36.2 Å². The highest BCUT2D eigenvalue weighted by Gasteiger charge is 2.38. The Bertz CT molecular complexity index is 964. The second-order valence-corrected chi connectivity index (χ2v) is 7.46. The summed E-state index contributed by atoms with van der Waals surface area (Å²) in [5, 5.41) is 0. The molecule has 1 aliphatic rings. The molecule has 2 aromatic carbocycles. The van der Waals surface area contributed by atoms with Gasteiger partial charge in [-0.05, 0) is 35.2 Å². The molecule has 0 amide bonds. The van der Waals surface area contributed by atoms with Crippen LogP contribution in [0, 0.1) is 13.8 Å². The minimum absolute atomic E-state index is 0.0524. The van der Waals surface area contributed by atoms with E-state index < -0.39 is 0 Å². The van der Waals surface area contributed by atoms with Gasteiger partial charge in [-0.2, -0.15) is 4.57 Å². The molecule has 0 unspecified atom stereocenters. The maximum atomic E-state index is 2.34.